The predicted molar refractivity (Wildman–Crippen MR) is 556 cm³/mol. The van der Waals surface area contributed by atoms with Crippen LogP contribution in [0.2, 0.25) is 0 Å². The molecule has 21 aromatic rings. The summed E-state index contributed by atoms with van der Waals surface area (Å²) >= 11 is 0. The van der Waals surface area contributed by atoms with Gasteiger partial charge in [-0.3, -0.25) is 24.9 Å². The zero-order chi connectivity index (χ0) is 96.8. The van der Waals surface area contributed by atoms with Crippen molar-refractivity contribution in [1.29, 1.82) is 5.26 Å². The van der Waals surface area contributed by atoms with Crippen LogP contribution in [0.5, 0.6) is 28.7 Å². The molecule has 1 aliphatic carbocycles. The van der Waals surface area contributed by atoms with E-state index in [0.29, 0.717) is 54.7 Å². The van der Waals surface area contributed by atoms with Crippen molar-refractivity contribution in [3.63, 3.8) is 0 Å². The van der Waals surface area contributed by atoms with Crippen molar-refractivity contribution in [2.75, 3.05) is 62.2 Å². The minimum absolute atomic E-state index is 0.00246. The van der Waals surface area contributed by atoms with Gasteiger partial charge < -0.3 is 57.1 Å². The molecule has 0 atom stereocenters. The second kappa shape index (κ2) is 44.2. The molecule has 0 unspecified atom stereocenters. The molecule has 0 spiro atoms. The molecule has 0 saturated heterocycles. The van der Waals surface area contributed by atoms with Crippen molar-refractivity contribution >= 4 is 83.6 Å². The third-order valence-electron chi connectivity index (χ3n) is 23.1. The fraction of sp³-hybridized carbons (Fsp3) is 0.105. The second-order valence-electron chi connectivity index (χ2n) is 33.1. The van der Waals surface area contributed by atoms with Crippen molar-refractivity contribution in [2.24, 2.45) is 5.92 Å². The van der Waals surface area contributed by atoms with E-state index in [9.17, 15) is 0 Å². The Kier molecular flexibility index (Phi) is 29.1. The maximum absolute atomic E-state index is 8.71. The van der Waals surface area contributed by atoms with E-state index in [4.69, 9.17) is 62.4 Å². The van der Waals surface area contributed by atoms with Gasteiger partial charge >= 0.3 is 0 Å². The maximum Gasteiger partial charge on any atom is 0.174 e. The molecule has 141 heavy (non-hydrogen) atoms. The van der Waals surface area contributed by atoms with Gasteiger partial charge in [-0.15, -0.1) is 0 Å². The summed E-state index contributed by atoms with van der Waals surface area (Å²) in [5, 5.41) is 12.8. The van der Waals surface area contributed by atoms with E-state index in [1.54, 1.807) is 31.9 Å². The van der Waals surface area contributed by atoms with E-state index in [1.165, 1.54) is 44.5 Å². The Bertz CT molecular complexity index is 8070. The average Bonchev–Trinajstić information content (AvgIpc) is 1.42. The summed E-state index contributed by atoms with van der Waals surface area (Å²) in [5.41, 5.74) is 54.7. The molecule has 11 aromatic carbocycles. The lowest BCUT2D eigenvalue weighted by molar-refractivity contribution is 0.146. The number of hydrogen-bond donors (Lipinski definition) is 5. The van der Waals surface area contributed by atoms with Gasteiger partial charge in [-0.25, -0.2) is 49.8 Å². The highest BCUT2D eigenvalue weighted by Gasteiger charge is 2.24. The highest BCUT2D eigenvalue weighted by Crippen LogP contribution is 2.42. The van der Waals surface area contributed by atoms with Crippen LogP contribution in [0.4, 0.5) is 29.1 Å². The van der Waals surface area contributed by atoms with Crippen LogP contribution in [0.1, 0.15) is 32.3 Å². The van der Waals surface area contributed by atoms with Crippen LogP contribution in [0, 0.1) is 17.2 Å². The molecule has 22 rings (SSSR count). The van der Waals surface area contributed by atoms with Gasteiger partial charge in [-0.2, -0.15) is 5.26 Å². The highest BCUT2D eigenvalue weighted by molar-refractivity contribution is 5.99. The number of methoxy groups -OCH3 is 1. The average molecular weight is 1860 g/mol. The largest absolute Gasteiger partial charge is 0.493 e. The van der Waals surface area contributed by atoms with Crippen LogP contribution >= 0.6 is 0 Å². The smallest absolute Gasteiger partial charge is 0.174 e. The molecule has 10 N–H and O–H groups in total. The number of fused-ring (bicyclic) bond motifs is 5. The molecule has 0 aliphatic heterocycles. The number of hydrogen-bond acceptors (Lipinski definition) is 27. The summed E-state index contributed by atoms with van der Waals surface area (Å²) in [6, 6.07) is 101. The molecule has 10 aromatic heterocycles. The number of aromatic nitrogens is 15. The first-order valence-corrected chi connectivity index (χ1v) is 45.6. The molecule has 0 amide bonds. The van der Waals surface area contributed by atoms with Gasteiger partial charge in [0.1, 0.15) is 109 Å². The Hall–Kier alpha value is -18.7. The summed E-state index contributed by atoms with van der Waals surface area (Å²) in [7, 11) is 1.65. The van der Waals surface area contributed by atoms with Crippen LogP contribution in [0.25, 0.3) is 166 Å². The van der Waals surface area contributed by atoms with Gasteiger partial charge in [-0.05, 0) is 218 Å². The van der Waals surface area contributed by atoms with E-state index in [2.05, 4.69) is 117 Å². The van der Waals surface area contributed by atoms with Crippen molar-refractivity contribution in [3.05, 3.63) is 372 Å². The zero-order valence-corrected chi connectivity index (χ0v) is 77.2. The fourth-order valence-corrected chi connectivity index (χ4v) is 16.1. The molecular formula is C114H95N21O6. The lowest BCUT2D eigenvalue weighted by atomic mass is 9.98. The Morgan fingerprint density at radius 1 is 0.291 bits per heavy atom. The van der Waals surface area contributed by atoms with E-state index in [1.807, 2.05) is 287 Å². The molecule has 0 bridgehead atoms. The first kappa shape index (κ1) is 92.8. The summed E-state index contributed by atoms with van der Waals surface area (Å²) < 4.78 is 34.0. The lowest BCUT2D eigenvalue weighted by Crippen LogP contribution is -2.05. The number of rotatable bonds is 24. The molecule has 27 heteroatoms. The molecular weight excluding hydrogens is 1760 g/mol. The second-order valence-corrected chi connectivity index (χ2v) is 33.1. The number of pyridine rings is 5. The standard InChI is InChI=1S/C26H20N4O.C23H20N4O.C22H20N4O2.C22H20N4O.C21H15N5O/c27-26-23-15-19(11-12-24(23)29-17-30-26)22-10-5-13-28-25(22)20-8-4-9-21(14-20)31-16-18-6-2-1-3-7-18;24-23-20-12-16(8-9-21(20)26-14-27-23)19-5-2-10-25-22(19)17-3-1-4-18(11-17)28-13-15-6-7-15;1-27-10-11-28-17-5-2-4-16(12-17)21-18(6-3-9-24-21)15-7-8-20-19(13-15)22(23)26-14-25-20;1-14(2)27-17-6-3-5-16(11-17)21-18(7-4-10-24-21)15-8-9-20-19(12-15)22(23)26-13-25-20;22-8-10-27-16-4-1-3-15(11-16)20-17(5-2-9-24-20)14-6-7-19-18(12-14)21(23)26-13-25-19/h1-15,17H,16H2,(H2,27,29,30);1-5,8-12,14-15H,6-7,13H2,(H2,24,26,27);2-9,12-14H,10-11H2,1H3,(H2,23,25,26);3-14H,1-2H3,(H2,23,25,26);1-7,9,11-13H,10H2,(H2,23,25,26). The molecule has 10 heterocycles. The van der Waals surface area contributed by atoms with Gasteiger partial charge in [0.05, 0.1) is 75.4 Å². The van der Waals surface area contributed by atoms with Crippen LogP contribution < -0.4 is 52.4 Å². The maximum atomic E-state index is 8.71. The number of nitrogen functional groups attached to an aromatic ring is 5. The topological polar surface area (TPSA) is 403 Å². The molecule has 1 fully saturated rings. The van der Waals surface area contributed by atoms with E-state index < -0.39 is 0 Å². The summed E-state index contributed by atoms with van der Waals surface area (Å²) in [6.45, 7) is 6.38. The number of benzene rings is 11. The molecule has 1 aliphatic rings. The van der Waals surface area contributed by atoms with Crippen LogP contribution in [0.15, 0.2) is 366 Å². The Morgan fingerprint density at radius 2 is 0.589 bits per heavy atom. The quantitative estimate of drug-likeness (QED) is 0.0351. The van der Waals surface area contributed by atoms with Crippen molar-refractivity contribution in [1.82, 2.24) is 74.8 Å². The molecule has 1 saturated carbocycles. The Labute approximate surface area is 813 Å². The van der Waals surface area contributed by atoms with Crippen molar-refractivity contribution in [3.8, 4) is 147 Å². The van der Waals surface area contributed by atoms with Crippen LogP contribution in [-0.4, -0.2) is 114 Å². The SMILES string of the molecule is CC(C)Oc1cccc(-c2ncccc2-c2ccc3ncnc(N)c3c2)c1.COCCOc1cccc(-c2ncccc2-c2ccc3ncnc(N)c3c2)c1.N#CCOc1cccc(-c2ncccc2-c2ccc3ncnc(N)c3c2)c1.Nc1ncnc2ccc(-c3cccnc3-c3cccc(OCC4CC4)c3)cc12.Nc1ncnc2ccc(-c3cccnc3-c3cccc(OCc4ccccc4)c3)cc12. The van der Waals surface area contributed by atoms with Gasteiger partial charge in [0.2, 0.25) is 0 Å². The Morgan fingerprint density at radius 3 is 0.894 bits per heavy atom. The van der Waals surface area contributed by atoms with Crippen molar-refractivity contribution in [2.45, 2.75) is 39.4 Å². The minimum atomic E-state index is 0.00246. The van der Waals surface area contributed by atoms with Crippen LogP contribution in [-0.2, 0) is 11.3 Å². The molecule has 0 radical (unpaired) electrons. The predicted octanol–water partition coefficient (Wildman–Crippen LogP) is 22.8. The molecule has 692 valence electrons. The minimum Gasteiger partial charge on any atom is -0.493 e. The Balaban J connectivity index is 0.000000117. The lowest BCUT2D eigenvalue weighted by Gasteiger charge is -2.13. The normalized spacial score (nSPS) is 11.4. The highest BCUT2D eigenvalue weighted by atomic mass is 16.5. The van der Waals surface area contributed by atoms with E-state index >= 15 is 0 Å². The monoisotopic (exact) mass is 1850 g/mol. The molecule has 27 nitrogen and oxygen atoms in total. The third kappa shape index (κ3) is 22.8. The number of nitrogens with two attached hydrogens (primary N) is 5. The van der Waals surface area contributed by atoms with Gasteiger partial charge in [0.25, 0.3) is 0 Å². The first-order valence-electron chi connectivity index (χ1n) is 45.6. The fourth-order valence-electron chi connectivity index (χ4n) is 16.1. The zero-order valence-electron chi connectivity index (χ0n) is 77.2. The number of nitriles is 1. The number of anilines is 5. The third-order valence-corrected chi connectivity index (χ3v) is 23.1. The van der Waals surface area contributed by atoms with E-state index in [-0.39, 0.29) is 12.7 Å². The summed E-state index contributed by atoms with van der Waals surface area (Å²) in [6.07, 6.45) is 19.0. The number of nitrogens with zero attached hydrogens (tertiary/aromatic N) is 16. The van der Waals surface area contributed by atoms with Gasteiger partial charge in [0.15, 0.2) is 6.61 Å². The van der Waals surface area contributed by atoms with Gasteiger partial charge in [-0.1, -0.05) is 152 Å². The van der Waals surface area contributed by atoms with Crippen molar-refractivity contribution < 1.29 is 28.4 Å². The summed E-state index contributed by atoms with van der Waals surface area (Å²) in [5.74, 6) is 6.97. The van der Waals surface area contributed by atoms with E-state index in [0.717, 1.165) is 208 Å². The van der Waals surface area contributed by atoms with Crippen LogP contribution in [0.3, 0.4) is 0 Å². The van der Waals surface area contributed by atoms with Gasteiger partial charge in [0, 0.05) is 121 Å². The first-order chi connectivity index (χ1) is 69.2. The summed E-state index contributed by atoms with van der Waals surface area (Å²) in [4.78, 5) is 65.0. The number of ether oxygens (including phenoxy) is 6.